The Morgan fingerprint density at radius 1 is 1.40 bits per heavy atom. The van der Waals surface area contributed by atoms with Crippen molar-refractivity contribution in [3.05, 3.63) is 33.9 Å². The zero-order valence-electron chi connectivity index (χ0n) is 10.6. The normalized spacial score (nSPS) is 28.1. The molecule has 1 aromatic rings. The van der Waals surface area contributed by atoms with Crippen LogP contribution in [-0.4, -0.2) is 23.2 Å². The molecule has 0 spiro atoms. The van der Waals surface area contributed by atoms with Crippen molar-refractivity contribution >= 4 is 11.4 Å². The lowest BCUT2D eigenvalue weighted by atomic mass is 9.95. The molecule has 5 nitrogen and oxygen atoms in total. The van der Waals surface area contributed by atoms with Crippen LogP contribution >= 0.6 is 0 Å². The van der Waals surface area contributed by atoms with Gasteiger partial charge in [0.15, 0.2) is 0 Å². The molecule has 1 aromatic carbocycles. The number of nitro groups is 1. The maximum atomic E-state index is 13.0. The van der Waals surface area contributed by atoms with E-state index in [1.54, 1.807) is 0 Å². The smallest absolute Gasteiger partial charge is 0.270 e. The van der Waals surface area contributed by atoms with Gasteiger partial charge in [-0.15, -0.1) is 0 Å². The third kappa shape index (κ3) is 2.33. The zero-order valence-corrected chi connectivity index (χ0v) is 10.6. The Morgan fingerprint density at radius 3 is 2.75 bits per heavy atom. The molecular formula is C13H14F2N2O3. The maximum absolute atomic E-state index is 13.0. The van der Waals surface area contributed by atoms with E-state index >= 15 is 0 Å². The van der Waals surface area contributed by atoms with Gasteiger partial charge in [0, 0.05) is 23.4 Å². The standard InChI is InChI=1S/C13H14F2N2O3/c14-13(15)9-5-7(17(18)19)1-3-10(9)16-11-6-8-2-4-12(11)20-8/h1,3,5,8,11-13,16H,2,4,6H2. The highest BCUT2D eigenvalue weighted by atomic mass is 19.3. The molecule has 2 heterocycles. The van der Waals surface area contributed by atoms with Gasteiger partial charge in [-0.3, -0.25) is 10.1 Å². The fraction of sp³-hybridized carbons (Fsp3) is 0.538. The number of hydrogen-bond acceptors (Lipinski definition) is 4. The van der Waals surface area contributed by atoms with Crippen molar-refractivity contribution in [1.29, 1.82) is 0 Å². The lowest BCUT2D eigenvalue weighted by Gasteiger charge is -2.22. The molecule has 108 valence electrons. The number of nitrogens with zero attached hydrogens (tertiary/aromatic N) is 1. The van der Waals surface area contributed by atoms with Gasteiger partial charge in [-0.2, -0.15) is 0 Å². The van der Waals surface area contributed by atoms with Gasteiger partial charge in [0.2, 0.25) is 0 Å². The number of fused-ring (bicyclic) bond motifs is 2. The summed E-state index contributed by atoms with van der Waals surface area (Å²) in [5.41, 5.74) is -0.399. The minimum Gasteiger partial charge on any atom is -0.379 e. The Bertz CT molecular complexity index is 538. The third-order valence-electron chi connectivity index (χ3n) is 3.93. The summed E-state index contributed by atoms with van der Waals surface area (Å²) in [7, 11) is 0. The number of nitrogens with one attached hydrogen (secondary N) is 1. The molecule has 2 aliphatic rings. The van der Waals surface area contributed by atoms with Crippen molar-refractivity contribution in [2.24, 2.45) is 0 Å². The van der Waals surface area contributed by atoms with Gasteiger partial charge in [0.05, 0.1) is 23.2 Å². The fourth-order valence-corrected chi connectivity index (χ4v) is 2.97. The van der Waals surface area contributed by atoms with Crippen molar-refractivity contribution in [1.82, 2.24) is 0 Å². The fourth-order valence-electron chi connectivity index (χ4n) is 2.97. The molecule has 2 aliphatic heterocycles. The maximum Gasteiger partial charge on any atom is 0.270 e. The summed E-state index contributed by atoms with van der Waals surface area (Å²) in [5, 5.41) is 13.7. The first-order chi connectivity index (χ1) is 9.54. The number of nitro benzene ring substituents is 1. The number of ether oxygens (including phenoxy) is 1. The molecular weight excluding hydrogens is 270 g/mol. The van der Waals surface area contributed by atoms with Crippen LogP contribution in [-0.2, 0) is 4.74 Å². The third-order valence-corrected chi connectivity index (χ3v) is 3.93. The van der Waals surface area contributed by atoms with E-state index < -0.39 is 11.3 Å². The summed E-state index contributed by atoms with van der Waals surface area (Å²) in [6, 6.07) is 3.53. The molecule has 20 heavy (non-hydrogen) atoms. The summed E-state index contributed by atoms with van der Waals surface area (Å²) in [5.74, 6) is 0. The van der Waals surface area contributed by atoms with Crippen LogP contribution in [0.15, 0.2) is 18.2 Å². The van der Waals surface area contributed by atoms with Crippen LogP contribution in [0.3, 0.4) is 0 Å². The van der Waals surface area contributed by atoms with E-state index in [9.17, 15) is 18.9 Å². The summed E-state index contributed by atoms with van der Waals surface area (Å²) < 4.78 is 31.7. The topological polar surface area (TPSA) is 64.4 Å². The Hall–Kier alpha value is -1.76. The van der Waals surface area contributed by atoms with Crippen molar-refractivity contribution in [2.75, 3.05) is 5.32 Å². The van der Waals surface area contributed by atoms with Crippen LogP contribution in [0.1, 0.15) is 31.3 Å². The number of alkyl halides is 2. The van der Waals surface area contributed by atoms with Crippen LogP contribution in [0.5, 0.6) is 0 Å². The van der Waals surface area contributed by atoms with Crippen molar-refractivity contribution in [3.63, 3.8) is 0 Å². The lowest BCUT2D eigenvalue weighted by molar-refractivity contribution is -0.385. The monoisotopic (exact) mass is 284 g/mol. The van der Waals surface area contributed by atoms with Gasteiger partial charge < -0.3 is 10.1 Å². The number of benzene rings is 1. The zero-order chi connectivity index (χ0) is 14.3. The van der Waals surface area contributed by atoms with E-state index in [4.69, 9.17) is 4.74 Å². The summed E-state index contributed by atoms with van der Waals surface area (Å²) in [6.07, 6.45) is 0.261. The average Bonchev–Trinajstić information content (AvgIpc) is 3.01. The van der Waals surface area contributed by atoms with Gasteiger partial charge in [0.1, 0.15) is 0 Å². The number of hydrogen-bond donors (Lipinski definition) is 1. The number of anilines is 1. The number of non-ortho nitro benzene ring substituents is 1. The second-order valence-corrected chi connectivity index (χ2v) is 5.19. The summed E-state index contributed by atoms with van der Waals surface area (Å²) in [4.78, 5) is 9.99. The average molecular weight is 284 g/mol. The predicted octanol–water partition coefficient (Wildman–Crippen LogP) is 3.26. The lowest BCUT2D eigenvalue weighted by Crippen LogP contribution is -2.30. The van der Waals surface area contributed by atoms with E-state index in [0.717, 1.165) is 25.3 Å². The molecule has 1 N–H and O–H groups in total. The Kier molecular flexibility index (Phi) is 3.29. The van der Waals surface area contributed by atoms with Crippen LogP contribution in [0, 0.1) is 10.1 Å². The first-order valence-electron chi connectivity index (χ1n) is 6.53. The van der Waals surface area contributed by atoms with Crippen molar-refractivity contribution in [2.45, 2.75) is 43.9 Å². The molecule has 0 radical (unpaired) electrons. The highest BCUT2D eigenvalue weighted by Gasteiger charge is 2.41. The first-order valence-corrected chi connectivity index (χ1v) is 6.53. The van der Waals surface area contributed by atoms with E-state index in [0.29, 0.717) is 0 Å². The van der Waals surface area contributed by atoms with E-state index in [2.05, 4.69) is 5.32 Å². The van der Waals surface area contributed by atoms with Crippen LogP contribution in [0.4, 0.5) is 20.2 Å². The molecule has 7 heteroatoms. The molecule has 3 atom stereocenters. The van der Waals surface area contributed by atoms with E-state index in [1.165, 1.54) is 12.1 Å². The Labute approximate surface area is 114 Å². The minimum absolute atomic E-state index is 0.00714. The Balaban J connectivity index is 1.83. The van der Waals surface area contributed by atoms with Gasteiger partial charge >= 0.3 is 0 Å². The summed E-state index contributed by atoms with van der Waals surface area (Å²) in [6.45, 7) is 0. The summed E-state index contributed by atoms with van der Waals surface area (Å²) >= 11 is 0. The first kappa shape index (κ1) is 13.2. The van der Waals surface area contributed by atoms with Crippen LogP contribution < -0.4 is 5.32 Å². The van der Waals surface area contributed by atoms with Crippen LogP contribution in [0.25, 0.3) is 0 Å². The highest BCUT2D eigenvalue weighted by Crippen LogP contribution is 2.38. The molecule has 0 amide bonds. The molecule has 2 bridgehead atoms. The van der Waals surface area contributed by atoms with Gasteiger partial charge in [0.25, 0.3) is 12.1 Å². The van der Waals surface area contributed by atoms with E-state index in [-0.39, 0.29) is 35.2 Å². The van der Waals surface area contributed by atoms with Gasteiger partial charge in [-0.25, -0.2) is 8.78 Å². The number of rotatable bonds is 4. The molecule has 0 saturated carbocycles. The molecule has 2 fully saturated rings. The highest BCUT2D eigenvalue weighted by molar-refractivity contribution is 5.57. The van der Waals surface area contributed by atoms with Crippen LogP contribution in [0.2, 0.25) is 0 Å². The van der Waals surface area contributed by atoms with Gasteiger partial charge in [-0.1, -0.05) is 0 Å². The van der Waals surface area contributed by atoms with Crippen molar-refractivity contribution < 1.29 is 18.4 Å². The predicted molar refractivity (Wildman–Crippen MR) is 68.0 cm³/mol. The van der Waals surface area contributed by atoms with Crippen molar-refractivity contribution in [3.8, 4) is 0 Å². The SMILES string of the molecule is O=[N+]([O-])c1ccc(NC2CC3CCC2O3)c(C(F)F)c1. The Morgan fingerprint density at radius 2 is 2.20 bits per heavy atom. The quantitative estimate of drug-likeness (QED) is 0.680. The van der Waals surface area contributed by atoms with E-state index in [1.807, 2.05) is 0 Å². The number of halogens is 2. The molecule has 0 aromatic heterocycles. The largest absolute Gasteiger partial charge is 0.379 e. The van der Waals surface area contributed by atoms with Gasteiger partial charge in [-0.05, 0) is 25.3 Å². The molecule has 2 saturated heterocycles. The minimum atomic E-state index is -2.75. The second-order valence-electron chi connectivity index (χ2n) is 5.19. The molecule has 3 unspecified atom stereocenters. The second kappa shape index (κ2) is 4.97. The molecule has 0 aliphatic carbocycles. The molecule has 3 rings (SSSR count).